The van der Waals surface area contributed by atoms with Gasteiger partial charge in [-0.15, -0.1) is 10.2 Å². The molecule has 0 bridgehead atoms. The van der Waals surface area contributed by atoms with Crippen molar-refractivity contribution in [1.82, 2.24) is 14.9 Å². The largest absolute Gasteiger partial charge is 0.491 e. The molecule has 0 saturated carbocycles. The molecule has 0 aliphatic heterocycles. The van der Waals surface area contributed by atoms with Crippen molar-refractivity contribution in [2.24, 2.45) is 5.10 Å². The summed E-state index contributed by atoms with van der Waals surface area (Å²) in [6.07, 6.45) is 4.96. The van der Waals surface area contributed by atoms with Crippen molar-refractivity contribution >= 4 is 6.21 Å². The van der Waals surface area contributed by atoms with Crippen LogP contribution in [0.2, 0.25) is 0 Å². The third-order valence-corrected chi connectivity index (χ3v) is 1.98. The van der Waals surface area contributed by atoms with Crippen LogP contribution in [0.15, 0.2) is 42.0 Å². The van der Waals surface area contributed by atoms with Gasteiger partial charge in [0.05, 0.1) is 12.3 Å². The first kappa shape index (κ1) is 11.3. The second-order valence-electron chi connectivity index (χ2n) is 3.83. The molecule has 5 nitrogen and oxygen atoms in total. The molecule has 0 fully saturated rings. The molecule has 1 aromatic carbocycles. The second-order valence-corrected chi connectivity index (χ2v) is 3.83. The van der Waals surface area contributed by atoms with Crippen LogP contribution in [0.1, 0.15) is 19.4 Å². The van der Waals surface area contributed by atoms with Crippen LogP contribution in [-0.4, -0.2) is 27.2 Å². The number of ether oxygens (including phenoxy) is 1. The molecule has 1 heterocycles. The summed E-state index contributed by atoms with van der Waals surface area (Å²) < 4.78 is 7.14. The van der Waals surface area contributed by atoms with Crippen LogP contribution in [0, 0.1) is 0 Å². The van der Waals surface area contributed by atoms with E-state index in [9.17, 15) is 0 Å². The smallest absolute Gasteiger partial charge is 0.141 e. The number of hydrogen-bond donors (Lipinski definition) is 0. The van der Waals surface area contributed by atoms with E-state index in [0.29, 0.717) is 0 Å². The zero-order valence-corrected chi connectivity index (χ0v) is 9.82. The highest BCUT2D eigenvalue weighted by atomic mass is 16.5. The normalized spacial score (nSPS) is 11.2. The summed E-state index contributed by atoms with van der Waals surface area (Å²) in [5, 5.41) is 11.5. The Bertz CT molecular complexity index is 491. The molecular formula is C12H14N4O. The zero-order valence-electron chi connectivity index (χ0n) is 9.82. The lowest BCUT2D eigenvalue weighted by Gasteiger charge is -2.09. The van der Waals surface area contributed by atoms with Crippen molar-refractivity contribution in [2.75, 3.05) is 0 Å². The molecule has 0 aliphatic rings. The van der Waals surface area contributed by atoms with Gasteiger partial charge < -0.3 is 4.74 Å². The first-order chi connectivity index (χ1) is 8.24. The van der Waals surface area contributed by atoms with Crippen LogP contribution >= 0.6 is 0 Å². The molecule has 0 spiro atoms. The second kappa shape index (κ2) is 5.25. The lowest BCUT2D eigenvalue weighted by atomic mass is 10.2. The number of nitrogens with zero attached hydrogens (tertiary/aromatic N) is 4. The molecule has 2 rings (SSSR count). The van der Waals surface area contributed by atoms with E-state index in [1.54, 1.807) is 6.21 Å². The monoisotopic (exact) mass is 230 g/mol. The van der Waals surface area contributed by atoms with E-state index in [0.717, 1.165) is 11.3 Å². The molecule has 1 aromatic heterocycles. The average Bonchev–Trinajstić information content (AvgIpc) is 2.79. The summed E-state index contributed by atoms with van der Waals surface area (Å²) in [7, 11) is 0. The van der Waals surface area contributed by atoms with Gasteiger partial charge in [0.1, 0.15) is 18.4 Å². The van der Waals surface area contributed by atoms with Crippen molar-refractivity contribution in [2.45, 2.75) is 20.0 Å². The molecule has 88 valence electrons. The predicted octanol–water partition coefficient (Wildman–Crippen LogP) is 1.95. The van der Waals surface area contributed by atoms with Gasteiger partial charge in [0.2, 0.25) is 0 Å². The summed E-state index contributed by atoms with van der Waals surface area (Å²) in [5.74, 6) is 0.840. The molecule has 0 amide bonds. The third-order valence-electron chi connectivity index (χ3n) is 1.98. The highest BCUT2D eigenvalue weighted by Crippen LogP contribution is 2.13. The summed E-state index contributed by atoms with van der Waals surface area (Å²) >= 11 is 0. The van der Waals surface area contributed by atoms with Crippen molar-refractivity contribution in [3.05, 3.63) is 42.5 Å². The molecule has 17 heavy (non-hydrogen) atoms. The van der Waals surface area contributed by atoms with Crippen molar-refractivity contribution in [1.29, 1.82) is 0 Å². The van der Waals surface area contributed by atoms with Gasteiger partial charge in [-0.2, -0.15) is 5.10 Å². The fourth-order valence-electron chi connectivity index (χ4n) is 1.33. The topological polar surface area (TPSA) is 52.3 Å². The lowest BCUT2D eigenvalue weighted by Crippen LogP contribution is -2.05. The Kier molecular flexibility index (Phi) is 3.49. The molecule has 0 unspecified atom stereocenters. The maximum Gasteiger partial charge on any atom is 0.141 e. The van der Waals surface area contributed by atoms with Gasteiger partial charge in [-0.05, 0) is 31.5 Å². The van der Waals surface area contributed by atoms with Crippen molar-refractivity contribution in [3.8, 4) is 5.75 Å². The summed E-state index contributed by atoms with van der Waals surface area (Å²) in [4.78, 5) is 0. The van der Waals surface area contributed by atoms with E-state index in [1.807, 2.05) is 38.1 Å². The van der Waals surface area contributed by atoms with Crippen LogP contribution in [0.25, 0.3) is 0 Å². The van der Waals surface area contributed by atoms with Gasteiger partial charge >= 0.3 is 0 Å². The Morgan fingerprint density at radius 2 is 2.06 bits per heavy atom. The molecule has 2 aromatic rings. The Morgan fingerprint density at radius 3 is 2.76 bits per heavy atom. The number of benzene rings is 1. The van der Waals surface area contributed by atoms with Crippen molar-refractivity contribution in [3.63, 3.8) is 0 Å². The first-order valence-electron chi connectivity index (χ1n) is 5.40. The average molecular weight is 230 g/mol. The van der Waals surface area contributed by atoms with E-state index in [-0.39, 0.29) is 6.10 Å². The molecule has 0 saturated heterocycles. The van der Waals surface area contributed by atoms with Gasteiger partial charge in [-0.3, -0.25) is 0 Å². The van der Waals surface area contributed by atoms with E-state index >= 15 is 0 Å². The van der Waals surface area contributed by atoms with E-state index in [2.05, 4.69) is 15.3 Å². The fraction of sp³-hybridized carbons (Fsp3) is 0.250. The minimum Gasteiger partial charge on any atom is -0.491 e. The predicted molar refractivity (Wildman–Crippen MR) is 65.2 cm³/mol. The zero-order chi connectivity index (χ0) is 12.1. The maximum atomic E-state index is 5.60. The number of rotatable bonds is 4. The third kappa shape index (κ3) is 3.41. The summed E-state index contributed by atoms with van der Waals surface area (Å²) in [6.45, 7) is 4.00. The Hall–Kier alpha value is -2.17. The number of aromatic nitrogens is 3. The van der Waals surface area contributed by atoms with Crippen LogP contribution in [0.3, 0.4) is 0 Å². The van der Waals surface area contributed by atoms with Gasteiger partial charge in [0.25, 0.3) is 0 Å². The molecule has 0 atom stereocenters. The number of hydrogen-bond acceptors (Lipinski definition) is 4. The summed E-state index contributed by atoms with van der Waals surface area (Å²) in [5.41, 5.74) is 0.969. The van der Waals surface area contributed by atoms with Crippen LogP contribution < -0.4 is 4.74 Å². The minimum absolute atomic E-state index is 0.167. The lowest BCUT2D eigenvalue weighted by molar-refractivity contribution is 0.242. The molecular weight excluding hydrogens is 216 g/mol. The fourth-order valence-corrected chi connectivity index (χ4v) is 1.33. The van der Waals surface area contributed by atoms with Gasteiger partial charge in [0, 0.05) is 0 Å². The van der Waals surface area contributed by atoms with E-state index < -0.39 is 0 Å². The Balaban J connectivity index is 2.11. The highest BCUT2D eigenvalue weighted by molar-refractivity contribution is 5.80. The van der Waals surface area contributed by atoms with Gasteiger partial charge in [-0.25, -0.2) is 4.68 Å². The SMILES string of the molecule is CC(C)Oc1cccc(/C=N/n2cnnc2)c1. The van der Waals surface area contributed by atoms with Crippen LogP contribution in [0.5, 0.6) is 5.75 Å². The molecule has 0 radical (unpaired) electrons. The van der Waals surface area contributed by atoms with Crippen LogP contribution in [0.4, 0.5) is 0 Å². The standard InChI is InChI=1S/C12H14N4O/c1-10(2)17-12-5-3-4-11(6-12)7-15-16-8-13-14-9-16/h3-10H,1-2H3/b15-7+. The molecule has 5 heteroatoms. The Morgan fingerprint density at radius 1 is 1.29 bits per heavy atom. The Labute approximate surface area is 99.8 Å². The highest BCUT2D eigenvalue weighted by Gasteiger charge is 1.97. The quantitative estimate of drug-likeness (QED) is 0.754. The van der Waals surface area contributed by atoms with Crippen LogP contribution in [-0.2, 0) is 0 Å². The summed E-state index contributed by atoms with van der Waals surface area (Å²) in [6, 6.07) is 7.76. The first-order valence-corrected chi connectivity index (χ1v) is 5.40. The van der Waals surface area contributed by atoms with Gasteiger partial charge in [0.15, 0.2) is 0 Å². The van der Waals surface area contributed by atoms with E-state index in [4.69, 9.17) is 4.74 Å². The van der Waals surface area contributed by atoms with Crippen molar-refractivity contribution < 1.29 is 4.74 Å². The molecule has 0 aliphatic carbocycles. The van der Waals surface area contributed by atoms with E-state index in [1.165, 1.54) is 17.3 Å². The maximum absolute atomic E-state index is 5.60. The molecule has 0 N–H and O–H groups in total. The van der Waals surface area contributed by atoms with Gasteiger partial charge in [-0.1, -0.05) is 12.1 Å². The minimum atomic E-state index is 0.167.